The maximum atomic E-state index is 7.47. The van der Waals surface area contributed by atoms with Crippen LogP contribution in [0.15, 0.2) is 219 Å². The number of ether oxygens (including phenoxy) is 1. The molecule has 11 aromatic rings. The van der Waals surface area contributed by atoms with Gasteiger partial charge in [0.25, 0.3) is 0 Å². The Labute approximate surface area is 433 Å². The smallest absolute Gasteiger partial charge is 0.137 e. The maximum Gasteiger partial charge on any atom is 0.137 e. The Balaban J connectivity index is 0.960. The number of hydrogen-bond donors (Lipinski definition) is 0. The Morgan fingerprint density at radius 2 is 0.973 bits per heavy atom. The first-order valence-electron chi connectivity index (χ1n) is 26.0. The monoisotopic (exact) mass is 956 g/mol. The molecule has 3 aliphatic rings. The summed E-state index contributed by atoms with van der Waals surface area (Å²) in [5.74, 6) is 2.48. The fourth-order valence-corrected chi connectivity index (χ4v) is 12.6. The average Bonchev–Trinajstić information content (AvgIpc) is 4.30. The molecule has 0 fully saturated rings. The molecule has 358 valence electrons. The number of hydrogen-bond acceptors (Lipinski definition) is 4. The summed E-state index contributed by atoms with van der Waals surface area (Å²) in [6, 6.07) is 78.0. The van der Waals surface area contributed by atoms with Crippen molar-refractivity contribution in [1.82, 2.24) is 9.55 Å². The van der Waals surface area contributed by atoms with Gasteiger partial charge in [0.05, 0.1) is 33.5 Å². The molecular weight excluding hydrogens is 901 g/mol. The second-order valence-electron chi connectivity index (χ2n) is 22.4. The van der Waals surface area contributed by atoms with Crippen LogP contribution in [0.1, 0.15) is 74.9 Å². The molecule has 1 aliphatic heterocycles. The summed E-state index contributed by atoms with van der Waals surface area (Å²) >= 11 is 0. The first-order chi connectivity index (χ1) is 36.0. The van der Waals surface area contributed by atoms with Gasteiger partial charge < -0.3 is 14.5 Å². The van der Waals surface area contributed by atoms with E-state index in [1.807, 2.05) is 6.20 Å². The van der Waals surface area contributed by atoms with E-state index in [9.17, 15) is 0 Å². The summed E-state index contributed by atoms with van der Waals surface area (Å²) in [6.45, 7) is 14.3. The molecular formula is C69H56N4O. The van der Waals surface area contributed by atoms with Crippen LogP contribution in [0.4, 0.5) is 22.7 Å². The molecule has 0 amide bonds. The van der Waals surface area contributed by atoms with Crippen molar-refractivity contribution in [3.63, 3.8) is 0 Å². The zero-order valence-electron chi connectivity index (χ0n) is 42.7. The van der Waals surface area contributed by atoms with Gasteiger partial charge in [0.1, 0.15) is 24.0 Å². The SMILES string of the molecule is CC(C)(C)c1cc(Oc2cc3c4c5c(cccc5n(-c5cc(C(C)(C)C)ccn5)c4c2)C32c3ccccc3-c3ccccc32)cc(N2CN(c3c(-c4ccccc4)cccc3-c3ccccc3)c3ccccc32)c1. The quantitative estimate of drug-likeness (QED) is 0.159. The van der Waals surface area contributed by atoms with Gasteiger partial charge >= 0.3 is 0 Å². The number of benzene rings is 9. The van der Waals surface area contributed by atoms with Crippen LogP contribution in [0.5, 0.6) is 11.5 Å². The third kappa shape index (κ3) is 6.52. The van der Waals surface area contributed by atoms with Crippen LogP contribution >= 0.6 is 0 Å². The lowest BCUT2D eigenvalue weighted by Gasteiger charge is -2.32. The Kier molecular flexibility index (Phi) is 9.63. The van der Waals surface area contributed by atoms with Gasteiger partial charge in [-0.15, -0.1) is 0 Å². The number of anilines is 4. The molecule has 14 rings (SSSR count). The predicted octanol–water partition coefficient (Wildman–Crippen LogP) is 17.8. The van der Waals surface area contributed by atoms with Crippen molar-refractivity contribution in [1.29, 1.82) is 0 Å². The lowest BCUT2D eigenvalue weighted by molar-refractivity contribution is 0.478. The van der Waals surface area contributed by atoms with Gasteiger partial charge in [-0.2, -0.15) is 0 Å². The number of rotatable bonds is 7. The molecule has 2 aromatic heterocycles. The van der Waals surface area contributed by atoms with E-state index in [2.05, 4.69) is 268 Å². The highest BCUT2D eigenvalue weighted by molar-refractivity contribution is 6.19. The van der Waals surface area contributed by atoms with Crippen LogP contribution in [-0.4, -0.2) is 16.2 Å². The van der Waals surface area contributed by atoms with Crippen LogP contribution in [-0.2, 0) is 16.2 Å². The van der Waals surface area contributed by atoms with Crippen LogP contribution < -0.4 is 14.5 Å². The van der Waals surface area contributed by atoms with Crippen LogP contribution in [0.25, 0.3) is 61.0 Å². The van der Waals surface area contributed by atoms with Gasteiger partial charge in [0.2, 0.25) is 0 Å². The summed E-state index contributed by atoms with van der Waals surface area (Å²) in [7, 11) is 0. The summed E-state index contributed by atoms with van der Waals surface area (Å²) in [5, 5.41) is 2.53. The summed E-state index contributed by atoms with van der Waals surface area (Å²) < 4.78 is 9.85. The fourth-order valence-electron chi connectivity index (χ4n) is 12.6. The Bertz CT molecular complexity index is 3960. The van der Waals surface area contributed by atoms with E-state index in [0.29, 0.717) is 6.67 Å². The summed E-state index contributed by atoms with van der Waals surface area (Å²) in [6.07, 6.45) is 1.97. The summed E-state index contributed by atoms with van der Waals surface area (Å²) in [4.78, 5) is 10.1. The van der Waals surface area contributed by atoms with Crippen molar-refractivity contribution < 1.29 is 4.74 Å². The van der Waals surface area contributed by atoms with E-state index < -0.39 is 5.41 Å². The van der Waals surface area contributed by atoms with Gasteiger partial charge in [0, 0.05) is 45.9 Å². The van der Waals surface area contributed by atoms with Gasteiger partial charge in [-0.05, 0) is 115 Å². The second kappa shape index (κ2) is 16.2. The molecule has 5 heteroatoms. The fraction of sp³-hybridized carbons (Fsp3) is 0.145. The number of pyridine rings is 1. The Hall–Kier alpha value is -8.67. The lowest BCUT2D eigenvalue weighted by atomic mass is 9.70. The van der Waals surface area contributed by atoms with Crippen molar-refractivity contribution in [2.45, 2.75) is 57.8 Å². The molecule has 5 nitrogen and oxygen atoms in total. The average molecular weight is 957 g/mol. The van der Waals surface area contributed by atoms with Crippen LogP contribution in [0, 0.1) is 0 Å². The van der Waals surface area contributed by atoms with E-state index in [4.69, 9.17) is 9.72 Å². The Morgan fingerprint density at radius 3 is 1.62 bits per heavy atom. The van der Waals surface area contributed by atoms with E-state index in [0.717, 1.165) is 45.4 Å². The highest BCUT2D eigenvalue weighted by atomic mass is 16.5. The molecule has 0 radical (unpaired) electrons. The molecule has 0 atom stereocenters. The minimum Gasteiger partial charge on any atom is -0.457 e. The van der Waals surface area contributed by atoms with E-state index >= 15 is 0 Å². The van der Waals surface area contributed by atoms with Crippen molar-refractivity contribution >= 4 is 44.6 Å². The van der Waals surface area contributed by atoms with Gasteiger partial charge in [-0.1, -0.05) is 193 Å². The molecule has 0 bridgehead atoms. The molecule has 74 heavy (non-hydrogen) atoms. The van der Waals surface area contributed by atoms with E-state index in [1.165, 1.54) is 83.2 Å². The van der Waals surface area contributed by atoms with Gasteiger partial charge in [-0.25, -0.2) is 4.98 Å². The van der Waals surface area contributed by atoms with Gasteiger partial charge in [-0.3, -0.25) is 4.57 Å². The molecule has 3 heterocycles. The Morgan fingerprint density at radius 1 is 0.432 bits per heavy atom. The van der Waals surface area contributed by atoms with E-state index in [1.54, 1.807) is 0 Å². The van der Waals surface area contributed by atoms with Gasteiger partial charge in [0.15, 0.2) is 0 Å². The van der Waals surface area contributed by atoms with Crippen molar-refractivity contribution in [3.05, 3.63) is 252 Å². The topological polar surface area (TPSA) is 33.5 Å². The largest absolute Gasteiger partial charge is 0.457 e. The first kappa shape index (κ1) is 44.1. The third-order valence-corrected chi connectivity index (χ3v) is 16.0. The van der Waals surface area contributed by atoms with Crippen molar-refractivity contribution in [3.8, 4) is 50.7 Å². The molecule has 0 N–H and O–H groups in total. The molecule has 0 saturated carbocycles. The summed E-state index contributed by atoms with van der Waals surface area (Å²) in [5.41, 5.74) is 20.9. The molecule has 0 saturated heterocycles. The van der Waals surface area contributed by atoms with Crippen LogP contribution in [0.3, 0.4) is 0 Å². The molecule has 0 unspecified atom stereocenters. The van der Waals surface area contributed by atoms with Crippen molar-refractivity contribution in [2.75, 3.05) is 16.5 Å². The predicted molar refractivity (Wildman–Crippen MR) is 306 cm³/mol. The minimum absolute atomic E-state index is 0.0580. The second-order valence-corrected chi connectivity index (χ2v) is 22.4. The maximum absolute atomic E-state index is 7.47. The number of nitrogens with zero attached hydrogens (tertiary/aromatic N) is 4. The molecule has 9 aromatic carbocycles. The normalized spacial score (nSPS) is 14.1. The highest BCUT2D eigenvalue weighted by Gasteiger charge is 2.52. The lowest BCUT2D eigenvalue weighted by Crippen LogP contribution is -2.26. The highest BCUT2D eigenvalue weighted by Crippen LogP contribution is 2.64. The molecule has 2 aliphatic carbocycles. The number of fused-ring (bicyclic) bond motifs is 8. The zero-order chi connectivity index (χ0) is 50.1. The van der Waals surface area contributed by atoms with E-state index in [-0.39, 0.29) is 10.8 Å². The first-order valence-corrected chi connectivity index (χ1v) is 26.0. The minimum atomic E-state index is -0.537. The van der Waals surface area contributed by atoms with Crippen LogP contribution in [0.2, 0.25) is 0 Å². The number of para-hydroxylation sites is 3. The third-order valence-electron chi connectivity index (χ3n) is 16.0. The standard InChI is InChI=1S/C69H56N4O/c1-67(2,3)46-35-36-70-63(39-46)73-61-34-20-31-57-64(61)65-58(69(57)55-29-15-13-25-53(55)54-26-14-16-30-56(54)69)41-50(42-62(65)73)74-49-38-47(68(4,5)6)37-48(40-49)71-43-72(60-33-18-17-32-59(60)71)66-51(44-21-9-7-10-22-44)27-19-28-52(66)45-23-11-8-12-24-45/h7-42H,43H2,1-6H3. The zero-order valence-corrected chi connectivity index (χ0v) is 42.7. The molecule has 1 spiro atoms. The number of aromatic nitrogens is 2. The van der Waals surface area contributed by atoms with Crippen molar-refractivity contribution in [2.24, 2.45) is 0 Å².